The van der Waals surface area contributed by atoms with E-state index >= 15 is 0 Å². The smallest absolute Gasteiger partial charge is 0.0809 e. The molecule has 0 fully saturated rings. The third-order valence-electron chi connectivity index (χ3n) is 1.65. The summed E-state index contributed by atoms with van der Waals surface area (Å²) in [5, 5.41) is 17.9. The van der Waals surface area contributed by atoms with E-state index < -0.39 is 0 Å². The van der Waals surface area contributed by atoms with Gasteiger partial charge in [0.15, 0.2) is 0 Å². The van der Waals surface area contributed by atoms with Crippen molar-refractivity contribution in [3.8, 4) is 0 Å². The van der Waals surface area contributed by atoms with Gasteiger partial charge in [0.25, 0.3) is 0 Å². The van der Waals surface area contributed by atoms with Gasteiger partial charge in [0.2, 0.25) is 0 Å². The van der Waals surface area contributed by atoms with Gasteiger partial charge in [0, 0.05) is 0 Å². The van der Waals surface area contributed by atoms with Crippen LogP contribution in [0.2, 0.25) is 0 Å². The Kier molecular flexibility index (Phi) is 32.6. The van der Waals surface area contributed by atoms with E-state index in [2.05, 4.69) is 47.3 Å². The van der Waals surface area contributed by atoms with Crippen LogP contribution in [0, 0.1) is 7.43 Å². The van der Waals surface area contributed by atoms with Gasteiger partial charge in [-0.05, 0) is 0 Å². The van der Waals surface area contributed by atoms with Crippen LogP contribution in [0.4, 0.5) is 0 Å². The van der Waals surface area contributed by atoms with Gasteiger partial charge in [0.05, 0.1) is 13.2 Å². The summed E-state index contributed by atoms with van der Waals surface area (Å²) in [5.74, 6) is 0. The molecule has 2 rings (SSSR count). The number of hydrogen-bond acceptors (Lipinski definition) is 2. The van der Waals surface area contributed by atoms with E-state index in [9.17, 15) is 0 Å². The van der Waals surface area contributed by atoms with E-state index in [-0.39, 0.29) is 51.0 Å². The standard InChI is InChI=1S/C9H7.C4H10N.C2H6O2.CH3.CH2.2ClH.Ti/c1-2-5-9-7-3-6-8(9)4-1;1-4(2,3)5;3-1-2-4;;;;;/h1-7H;5H,1-3H3;3-4H,1-2H2;1H3;1H2;2*1H;/q2*-1;;-1;;;;. The molecular formula is C17H30Cl2NO2Ti-3. The summed E-state index contributed by atoms with van der Waals surface area (Å²) in [7, 11) is 0. The van der Waals surface area contributed by atoms with Gasteiger partial charge in [-0.15, -0.1) is 60.0 Å². The summed E-state index contributed by atoms with van der Waals surface area (Å²) >= 11 is 1.75. The molecule has 136 valence electrons. The van der Waals surface area contributed by atoms with Crippen molar-refractivity contribution in [1.29, 1.82) is 0 Å². The van der Waals surface area contributed by atoms with Crippen LogP contribution >= 0.6 is 24.8 Å². The number of rotatable bonds is 1. The van der Waals surface area contributed by atoms with Crippen LogP contribution in [-0.4, -0.2) is 33.8 Å². The molecule has 0 aliphatic carbocycles. The van der Waals surface area contributed by atoms with Crippen molar-refractivity contribution in [2.45, 2.75) is 26.3 Å². The fraction of sp³-hybridized carbons (Fsp3) is 0.353. The summed E-state index contributed by atoms with van der Waals surface area (Å²) in [5.41, 5.74) is 6.69. The third kappa shape index (κ3) is 27.0. The number of fused-ring (bicyclic) bond motifs is 1. The minimum absolute atomic E-state index is 0. The number of halogens is 2. The Morgan fingerprint density at radius 2 is 1.43 bits per heavy atom. The van der Waals surface area contributed by atoms with Crippen LogP contribution in [0.5, 0.6) is 0 Å². The van der Waals surface area contributed by atoms with Gasteiger partial charge in [-0.25, -0.2) is 0 Å². The topological polar surface area (TPSA) is 64.3 Å². The molecule has 23 heavy (non-hydrogen) atoms. The largest absolute Gasteiger partial charge is 0.358 e. The SMILES string of the molecule is CC(C)(C)[NH-].Cl.Cl.OCCO.[CH2]=[Ti].[CH3-].c1ccc2[cH-]ccc2c1. The van der Waals surface area contributed by atoms with E-state index in [1.165, 1.54) is 10.8 Å². The maximum absolute atomic E-state index is 7.62. The number of aliphatic hydroxyl groups excluding tert-OH is 2. The summed E-state index contributed by atoms with van der Waals surface area (Å²) < 4.78 is 0. The average molecular weight is 399 g/mol. The first-order valence-corrected chi connectivity index (χ1v) is 7.41. The van der Waals surface area contributed by atoms with Crippen LogP contribution in [0.1, 0.15) is 20.8 Å². The predicted molar refractivity (Wildman–Crippen MR) is 106 cm³/mol. The number of hydrogen-bond donors (Lipinski definition) is 2. The fourth-order valence-corrected chi connectivity index (χ4v) is 1.07. The van der Waals surface area contributed by atoms with E-state index in [0.717, 1.165) is 0 Å². The first-order chi connectivity index (χ1) is 9.38. The van der Waals surface area contributed by atoms with Crippen LogP contribution in [0.15, 0.2) is 42.5 Å². The zero-order valence-electron chi connectivity index (χ0n) is 14.4. The summed E-state index contributed by atoms with van der Waals surface area (Å²) in [6.07, 6.45) is 0. The average Bonchev–Trinajstić information content (AvgIpc) is 2.88. The van der Waals surface area contributed by atoms with Gasteiger partial charge in [-0.2, -0.15) is 17.5 Å². The number of aliphatic hydroxyl groups is 2. The second kappa shape index (κ2) is 21.9. The minimum atomic E-state index is -0.250. The molecule has 3 nitrogen and oxygen atoms in total. The van der Waals surface area contributed by atoms with Gasteiger partial charge in [0.1, 0.15) is 0 Å². The second-order valence-electron chi connectivity index (χ2n) is 4.85. The zero-order valence-corrected chi connectivity index (χ0v) is 17.6. The van der Waals surface area contributed by atoms with E-state index in [4.69, 9.17) is 15.9 Å². The molecule has 0 unspecified atom stereocenters. The first kappa shape index (κ1) is 34.3. The zero-order chi connectivity index (χ0) is 16.0. The Balaban J connectivity index is -0.0000000685. The van der Waals surface area contributed by atoms with Crippen molar-refractivity contribution in [2.24, 2.45) is 0 Å². The molecular weight excluding hydrogens is 369 g/mol. The maximum atomic E-state index is 7.62. The molecule has 0 aromatic heterocycles. The van der Waals surface area contributed by atoms with Crippen LogP contribution in [0.3, 0.4) is 0 Å². The molecule has 0 heterocycles. The van der Waals surface area contributed by atoms with Crippen LogP contribution in [0.25, 0.3) is 16.5 Å². The normalized spacial score (nSPS) is 8.04. The van der Waals surface area contributed by atoms with Crippen molar-refractivity contribution in [3.63, 3.8) is 0 Å². The van der Waals surface area contributed by atoms with E-state index in [1.54, 1.807) is 20.0 Å². The Morgan fingerprint density at radius 1 is 1.04 bits per heavy atom. The molecule has 2 aromatic rings. The van der Waals surface area contributed by atoms with Crippen molar-refractivity contribution in [2.75, 3.05) is 13.2 Å². The van der Waals surface area contributed by atoms with E-state index in [0.29, 0.717) is 0 Å². The minimum Gasteiger partial charge on any atom is -0.358 e. The molecule has 0 saturated carbocycles. The van der Waals surface area contributed by atoms with Crippen LogP contribution < -0.4 is 0 Å². The molecule has 6 heteroatoms. The van der Waals surface area contributed by atoms with Gasteiger partial charge >= 0.3 is 24.8 Å². The van der Waals surface area contributed by atoms with Crippen molar-refractivity contribution in [3.05, 3.63) is 55.6 Å². The van der Waals surface area contributed by atoms with Gasteiger partial charge in [-0.1, -0.05) is 26.8 Å². The molecule has 0 amide bonds. The molecule has 3 N–H and O–H groups in total. The Morgan fingerprint density at radius 3 is 1.78 bits per heavy atom. The van der Waals surface area contributed by atoms with Crippen molar-refractivity contribution < 1.29 is 30.2 Å². The molecule has 2 aromatic carbocycles. The van der Waals surface area contributed by atoms with Crippen LogP contribution in [-0.2, 0) is 20.0 Å². The maximum Gasteiger partial charge on any atom is -0.0809 e. The summed E-state index contributed by atoms with van der Waals surface area (Å²) in [6, 6.07) is 14.7. The molecule has 0 atom stereocenters. The van der Waals surface area contributed by atoms with E-state index in [1.807, 2.05) is 20.8 Å². The Bertz CT molecular complexity index is 407. The van der Waals surface area contributed by atoms with Gasteiger partial charge < -0.3 is 23.4 Å². The second-order valence-corrected chi connectivity index (χ2v) is 4.85. The van der Waals surface area contributed by atoms with Crippen molar-refractivity contribution >= 4 is 40.4 Å². The molecule has 0 aliphatic rings. The van der Waals surface area contributed by atoms with Crippen molar-refractivity contribution in [1.82, 2.24) is 0 Å². The fourth-order valence-electron chi connectivity index (χ4n) is 1.07. The van der Waals surface area contributed by atoms with Gasteiger partial charge in [-0.3, -0.25) is 0 Å². The molecule has 0 bridgehead atoms. The molecule has 0 spiro atoms. The molecule has 0 aliphatic heterocycles. The third-order valence-corrected chi connectivity index (χ3v) is 1.65. The summed E-state index contributed by atoms with van der Waals surface area (Å²) in [6.45, 7) is 5.31. The Hall–Kier alpha value is -0.126. The first-order valence-electron chi connectivity index (χ1n) is 6.31. The number of nitrogens with one attached hydrogen (secondary N) is 1. The predicted octanol–water partition coefficient (Wildman–Crippen LogP) is 4.63. The monoisotopic (exact) mass is 398 g/mol. The summed E-state index contributed by atoms with van der Waals surface area (Å²) in [4.78, 5) is 3.25. The molecule has 0 radical (unpaired) electrons. The number of benzene rings is 1. The quantitative estimate of drug-likeness (QED) is 0.543. The molecule has 0 saturated heterocycles. The Labute approximate surface area is 165 Å².